The highest BCUT2D eigenvalue weighted by molar-refractivity contribution is 7.89. The molecule has 1 heterocycles. The fourth-order valence-corrected chi connectivity index (χ4v) is 4.75. The molecule has 0 aliphatic carbocycles. The summed E-state index contributed by atoms with van der Waals surface area (Å²) < 4.78 is 42.5. The molecule has 1 N–H and O–H groups in total. The van der Waals surface area contributed by atoms with E-state index >= 15 is 0 Å². The lowest BCUT2D eigenvalue weighted by Crippen LogP contribution is -2.40. The number of morpholine rings is 1. The number of carbonyl (C=O) groups excluding carboxylic acids is 2. The van der Waals surface area contributed by atoms with Gasteiger partial charge in [0, 0.05) is 19.6 Å². The highest BCUT2D eigenvalue weighted by Crippen LogP contribution is 2.21. The molecule has 1 aliphatic heterocycles. The van der Waals surface area contributed by atoms with E-state index in [1.54, 1.807) is 20.1 Å². The van der Waals surface area contributed by atoms with E-state index in [0.717, 1.165) is 11.3 Å². The van der Waals surface area contributed by atoms with E-state index in [1.807, 2.05) is 24.3 Å². The Morgan fingerprint density at radius 3 is 2.45 bits per heavy atom. The molecule has 0 aromatic heterocycles. The van der Waals surface area contributed by atoms with Crippen molar-refractivity contribution in [2.75, 3.05) is 46.6 Å². The highest BCUT2D eigenvalue weighted by atomic mass is 32.2. The Labute approximate surface area is 193 Å². The highest BCUT2D eigenvalue weighted by Gasteiger charge is 2.27. The first-order chi connectivity index (χ1) is 15.8. The van der Waals surface area contributed by atoms with E-state index in [1.165, 1.54) is 16.4 Å². The van der Waals surface area contributed by atoms with Gasteiger partial charge in [-0.2, -0.15) is 4.31 Å². The number of sulfonamides is 1. The third-order valence-corrected chi connectivity index (χ3v) is 7.16. The van der Waals surface area contributed by atoms with E-state index < -0.39 is 28.5 Å². The predicted octanol–water partition coefficient (Wildman–Crippen LogP) is 1.54. The molecule has 3 rings (SSSR count). The summed E-state index contributed by atoms with van der Waals surface area (Å²) in [7, 11) is -2.16. The molecular weight excluding hydrogens is 448 g/mol. The first-order valence-corrected chi connectivity index (χ1v) is 12.0. The van der Waals surface area contributed by atoms with Crippen LogP contribution in [-0.2, 0) is 30.7 Å². The monoisotopic (exact) mass is 476 g/mol. The quantitative estimate of drug-likeness (QED) is 0.547. The zero-order valence-corrected chi connectivity index (χ0v) is 19.5. The van der Waals surface area contributed by atoms with Crippen molar-refractivity contribution in [1.29, 1.82) is 0 Å². The second kappa shape index (κ2) is 11.3. The molecule has 0 radical (unpaired) electrons. The van der Waals surface area contributed by atoms with Gasteiger partial charge < -0.3 is 19.5 Å². The van der Waals surface area contributed by atoms with Gasteiger partial charge in [0.2, 0.25) is 10.0 Å². The van der Waals surface area contributed by atoms with Crippen molar-refractivity contribution < 1.29 is 32.2 Å². The van der Waals surface area contributed by atoms with Gasteiger partial charge in [-0.05, 0) is 48.7 Å². The van der Waals surface area contributed by atoms with Gasteiger partial charge in [0.05, 0.1) is 30.8 Å². The summed E-state index contributed by atoms with van der Waals surface area (Å²) in [5.74, 6) is -0.435. The number of amides is 1. The van der Waals surface area contributed by atoms with Crippen molar-refractivity contribution in [3.05, 3.63) is 59.2 Å². The third kappa shape index (κ3) is 6.53. The number of hydrogen-bond acceptors (Lipinski definition) is 7. The fraction of sp³-hybridized carbons (Fsp3) is 0.391. The Bertz CT molecular complexity index is 1080. The molecule has 10 heteroatoms. The molecular formula is C23H28N2O7S. The summed E-state index contributed by atoms with van der Waals surface area (Å²) in [5.41, 5.74) is 1.69. The van der Waals surface area contributed by atoms with Crippen LogP contribution in [0.15, 0.2) is 47.4 Å². The maximum Gasteiger partial charge on any atom is 0.338 e. The van der Waals surface area contributed by atoms with Gasteiger partial charge in [-0.3, -0.25) is 4.79 Å². The van der Waals surface area contributed by atoms with Crippen LogP contribution >= 0.6 is 0 Å². The smallest absolute Gasteiger partial charge is 0.338 e. The van der Waals surface area contributed by atoms with Crippen LogP contribution in [0.1, 0.15) is 21.5 Å². The van der Waals surface area contributed by atoms with Gasteiger partial charge in [0.15, 0.2) is 6.61 Å². The molecule has 33 heavy (non-hydrogen) atoms. The average molecular weight is 477 g/mol. The van der Waals surface area contributed by atoms with Crippen molar-refractivity contribution in [2.45, 2.75) is 18.2 Å². The van der Waals surface area contributed by atoms with Crippen LogP contribution in [-0.4, -0.2) is 71.2 Å². The Morgan fingerprint density at radius 2 is 1.79 bits per heavy atom. The van der Waals surface area contributed by atoms with Gasteiger partial charge in [-0.15, -0.1) is 0 Å². The molecule has 0 bridgehead atoms. The van der Waals surface area contributed by atoms with Crippen LogP contribution in [0.2, 0.25) is 0 Å². The number of carbonyl (C=O) groups is 2. The fourth-order valence-electron chi connectivity index (χ4n) is 3.32. The Balaban J connectivity index is 1.53. The number of benzene rings is 2. The number of methoxy groups -OCH3 is 1. The third-order valence-electron chi connectivity index (χ3n) is 5.27. The van der Waals surface area contributed by atoms with Gasteiger partial charge in [0.1, 0.15) is 5.75 Å². The summed E-state index contributed by atoms with van der Waals surface area (Å²) in [6, 6.07) is 11.8. The molecule has 0 atom stereocenters. The molecule has 0 unspecified atom stereocenters. The topological polar surface area (TPSA) is 111 Å². The minimum absolute atomic E-state index is 0.00546. The average Bonchev–Trinajstić information content (AvgIpc) is 2.83. The molecule has 178 valence electrons. The van der Waals surface area contributed by atoms with Crippen LogP contribution < -0.4 is 10.1 Å². The Hall–Kier alpha value is -2.95. The largest absolute Gasteiger partial charge is 0.497 e. The lowest BCUT2D eigenvalue weighted by atomic mass is 10.1. The van der Waals surface area contributed by atoms with Crippen LogP contribution in [0, 0.1) is 6.92 Å². The summed E-state index contributed by atoms with van der Waals surface area (Å²) in [6.45, 7) is 2.77. The molecule has 1 saturated heterocycles. The van der Waals surface area contributed by atoms with E-state index in [0.29, 0.717) is 31.7 Å². The van der Waals surface area contributed by atoms with Crippen molar-refractivity contribution in [2.24, 2.45) is 0 Å². The van der Waals surface area contributed by atoms with Gasteiger partial charge >= 0.3 is 5.97 Å². The van der Waals surface area contributed by atoms with Crippen LogP contribution in [0.5, 0.6) is 5.75 Å². The summed E-state index contributed by atoms with van der Waals surface area (Å²) in [4.78, 5) is 24.6. The molecule has 2 aromatic carbocycles. The van der Waals surface area contributed by atoms with Crippen molar-refractivity contribution in [3.8, 4) is 5.75 Å². The van der Waals surface area contributed by atoms with Crippen molar-refractivity contribution >= 4 is 21.9 Å². The molecule has 1 aliphatic rings. The second-order valence-electron chi connectivity index (χ2n) is 7.52. The van der Waals surface area contributed by atoms with Gasteiger partial charge in [0.25, 0.3) is 5.91 Å². The molecule has 1 amide bonds. The van der Waals surface area contributed by atoms with Crippen molar-refractivity contribution in [3.63, 3.8) is 0 Å². The van der Waals surface area contributed by atoms with Crippen LogP contribution in [0.25, 0.3) is 0 Å². The van der Waals surface area contributed by atoms with Crippen molar-refractivity contribution in [1.82, 2.24) is 9.62 Å². The van der Waals surface area contributed by atoms with E-state index in [-0.39, 0.29) is 23.5 Å². The number of nitrogens with zero attached hydrogens (tertiary/aromatic N) is 1. The maximum absolute atomic E-state index is 12.9. The minimum atomic E-state index is -3.75. The SMILES string of the molecule is COc1ccc(CCNC(=O)COC(=O)c2cc(S(=O)(=O)N3CCOCC3)ccc2C)cc1. The number of nitrogens with one attached hydrogen (secondary N) is 1. The minimum Gasteiger partial charge on any atom is -0.497 e. The number of hydrogen-bond donors (Lipinski definition) is 1. The number of aryl methyl sites for hydroxylation is 1. The molecule has 0 saturated carbocycles. The lowest BCUT2D eigenvalue weighted by Gasteiger charge is -2.26. The number of ether oxygens (including phenoxy) is 3. The summed E-state index contributed by atoms with van der Waals surface area (Å²) in [5, 5.41) is 2.70. The van der Waals surface area contributed by atoms with E-state index in [2.05, 4.69) is 5.32 Å². The predicted molar refractivity (Wildman–Crippen MR) is 121 cm³/mol. The number of esters is 1. The Kier molecular flexibility index (Phi) is 8.43. The molecule has 9 nitrogen and oxygen atoms in total. The molecule has 2 aromatic rings. The molecule has 0 spiro atoms. The number of rotatable bonds is 9. The zero-order valence-electron chi connectivity index (χ0n) is 18.7. The lowest BCUT2D eigenvalue weighted by molar-refractivity contribution is -0.124. The van der Waals surface area contributed by atoms with Gasteiger partial charge in [-0.25, -0.2) is 13.2 Å². The molecule has 1 fully saturated rings. The first kappa shape index (κ1) is 24.7. The van der Waals surface area contributed by atoms with Gasteiger partial charge in [-0.1, -0.05) is 18.2 Å². The Morgan fingerprint density at radius 1 is 1.09 bits per heavy atom. The second-order valence-corrected chi connectivity index (χ2v) is 9.46. The first-order valence-electron chi connectivity index (χ1n) is 10.6. The summed E-state index contributed by atoms with van der Waals surface area (Å²) >= 11 is 0. The normalized spacial score (nSPS) is 14.5. The van der Waals surface area contributed by atoms with Crippen LogP contribution in [0.4, 0.5) is 0 Å². The maximum atomic E-state index is 12.9. The van der Waals surface area contributed by atoms with E-state index in [4.69, 9.17) is 14.2 Å². The summed E-state index contributed by atoms with van der Waals surface area (Å²) in [6.07, 6.45) is 0.615. The zero-order chi connectivity index (χ0) is 23.8. The van der Waals surface area contributed by atoms with E-state index in [9.17, 15) is 18.0 Å². The standard InChI is InChI=1S/C23H28N2O7S/c1-17-3-8-20(33(28,29)25-11-13-31-14-12-25)15-21(17)23(27)32-16-22(26)24-10-9-18-4-6-19(30-2)7-5-18/h3-8,15H,9-14,16H2,1-2H3,(H,24,26). The van der Waals surface area contributed by atoms with Crippen LogP contribution in [0.3, 0.4) is 0 Å².